The Balaban J connectivity index is 0.00000144. The highest BCUT2D eigenvalue weighted by molar-refractivity contribution is 7.16. The molecule has 0 aliphatic carbocycles. The summed E-state index contributed by atoms with van der Waals surface area (Å²) < 4.78 is 6.54. The zero-order chi connectivity index (χ0) is 30.9. The van der Waals surface area contributed by atoms with Crippen LogP contribution in [0.3, 0.4) is 0 Å². The number of phenols is 1. The Morgan fingerprint density at radius 1 is 1.05 bits per heavy atom. The van der Waals surface area contributed by atoms with Crippen LogP contribution < -0.4 is 10.2 Å². The van der Waals surface area contributed by atoms with Gasteiger partial charge >= 0.3 is 4.87 Å². The van der Waals surface area contributed by atoms with Gasteiger partial charge in [0.15, 0.2) is 0 Å². The topological polar surface area (TPSA) is 135 Å². The first kappa shape index (κ1) is 35.2. The number of rotatable bonds is 17. The lowest BCUT2D eigenvalue weighted by molar-refractivity contribution is -0.134. The average Bonchev–Trinajstić information content (AvgIpc) is 3.35. The van der Waals surface area contributed by atoms with E-state index in [1.165, 1.54) is 0 Å². The van der Waals surface area contributed by atoms with Crippen LogP contribution in [-0.4, -0.2) is 95.9 Å². The number of hydrogen-bond acceptors (Lipinski definition) is 8. The molecule has 1 amide bonds. The molecule has 1 heterocycles. The molecule has 0 atom stereocenters. The zero-order valence-corrected chi connectivity index (χ0v) is 26.2. The molecule has 2 aromatic carbocycles. The van der Waals surface area contributed by atoms with Crippen LogP contribution in [0.15, 0.2) is 41.2 Å². The van der Waals surface area contributed by atoms with Gasteiger partial charge in [-0.2, -0.15) is 0 Å². The van der Waals surface area contributed by atoms with Gasteiger partial charge in [-0.15, -0.1) is 0 Å². The number of aromatic amines is 1. The number of aromatic nitrogens is 1. The summed E-state index contributed by atoms with van der Waals surface area (Å²) >= 11 is 7.15. The molecule has 42 heavy (non-hydrogen) atoms. The molecule has 4 N–H and O–H groups in total. The van der Waals surface area contributed by atoms with E-state index in [2.05, 4.69) is 29.0 Å². The number of ether oxygens (including phenoxy) is 1. The second-order valence-corrected chi connectivity index (χ2v) is 11.1. The largest absolute Gasteiger partial charge is 0.506 e. The monoisotopic (exact) mass is 622 g/mol. The molecule has 3 rings (SSSR count). The van der Waals surface area contributed by atoms with E-state index in [0.717, 1.165) is 66.6 Å². The van der Waals surface area contributed by atoms with Gasteiger partial charge in [0, 0.05) is 38.1 Å². The van der Waals surface area contributed by atoms with Crippen LogP contribution in [0.1, 0.15) is 38.3 Å². The number of aromatic hydroxyl groups is 1. The molecule has 0 aliphatic heterocycles. The first-order valence-corrected chi connectivity index (χ1v) is 15.4. The highest BCUT2D eigenvalue weighted by atomic mass is 35.5. The zero-order valence-electron chi connectivity index (χ0n) is 24.7. The molecule has 0 fully saturated rings. The number of likely N-dealkylation sites (N-methyl/N-ethyl adjacent to an activating group) is 1. The molecule has 232 valence electrons. The molecule has 10 nitrogen and oxygen atoms in total. The lowest BCUT2D eigenvalue weighted by atomic mass is 10.1. The highest BCUT2D eigenvalue weighted by Gasteiger charge is 2.15. The fourth-order valence-electron chi connectivity index (χ4n) is 4.30. The van der Waals surface area contributed by atoms with E-state index in [4.69, 9.17) is 26.2 Å². The number of amides is 1. The maximum atomic E-state index is 13.0. The maximum absolute atomic E-state index is 13.0. The summed E-state index contributed by atoms with van der Waals surface area (Å²) in [6.45, 7) is 11.7. The molecule has 0 aliphatic rings. The fraction of sp³-hybridized carbons (Fsp3) is 0.500. The van der Waals surface area contributed by atoms with Crippen LogP contribution in [0.25, 0.3) is 10.2 Å². The van der Waals surface area contributed by atoms with Crippen molar-refractivity contribution in [1.29, 1.82) is 0 Å². The normalized spacial score (nSPS) is 11.0. The van der Waals surface area contributed by atoms with Gasteiger partial charge in [-0.05, 0) is 61.8 Å². The van der Waals surface area contributed by atoms with Crippen molar-refractivity contribution in [2.24, 2.45) is 0 Å². The van der Waals surface area contributed by atoms with Gasteiger partial charge in [0.2, 0.25) is 5.91 Å². The standard InChI is InChI=1S/C28H39ClN4O4S.C2H4O2/c1-3-32(4-2)16-17-33(25(35)12-19-37-18-11-21-6-5-7-23(29)20-21)15-14-30-13-10-22-8-9-24(34)26-27(22)38-28(36)31-26;1-2(3)4/h5-9,20,30,34H,3-4,10-19H2,1-2H3,(H,31,36);1H3,(H,3,4). The average molecular weight is 623 g/mol. The molecule has 0 saturated heterocycles. The Bertz CT molecular complexity index is 1310. The number of nitrogens with one attached hydrogen (secondary N) is 2. The van der Waals surface area contributed by atoms with Crippen molar-refractivity contribution in [2.75, 3.05) is 59.0 Å². The number of halogens is 1. The van der Waals surface area contributed by atoms with E-state index in [1.54, 1.807) is 6.07 Å². The Morgan fingerprint density at radius 2 is 1.79 bits per heavy atom. The SMILES string of the molecule is CC(=O)O.CCN(CC)CCN(CCNCCc1ccc(O)c2[nH]c(=O)sc12)C(=O)CCOCCc1cccc(Cl)c1. The van der Waals surface area contributed by atoms with Crippen molar-refractivity contribution in [1.82, 2.24) is 20.1 Å². The predicted molar refractivity (Wildman–Crippen MR) is 169 cm³/mol. The quantitative estimate of drug-likeness (QED) is 0.166. The van der Waals surface area contributed by atoms with Crippen LogP contribution in [0.5, 0.6) is 5.75 Å². The van der Waals surface area contributed by atoms with Gasteiger partial charge in [0.1, 0.15) is 11.3 Å². The first-order chi connectivity index (χ1) is 20.1. The molecular formula is C30H43ClN4O6S. The number of aliphatic carboxylic acids is 1. The minimum absolute atomic E-state index is 0.0888. The second-order valence-electron chi connectivity index (χ2n) is 9.63. The molecule has 0 unspecified atom stereocenters. The van der Waals surface area contributed by atoms with E-state index >= 15 is 0 Å². The Morgan fingerprint density at radius 3 is 2.48 bits per heavy atom. The molecular weight excluding hydrogens is 580 g/mol. The number of thiazole rings is 1. The summed E-state index contributed by atoms with van der Waals surface area (Å²) in [5.41, 5.74) is 2.63. The highest BCUT2D eigenvalue weighted by Crippen LogP contribution is 2.27. The fourth-order valence-corrected chi connectivity index (χ4v) is 5.41. The summed E-state index contributed by atoms with van der Waals surface area (Å²) in [5, 5.41) is 21.5. The third-order valence-corrected chi connectivity index (χ3v) is 7.78. The van der Waals surface area contributed by atoms with E-state index in [-0.39, 0.29) is 16.5 Å². The van der Waals surface area contributed by atoms with Gasteiger partial charge < -0.3 is 35.1 Å². The Hall–Kier alpha value is -2.96. The van der Waals surface area contributed by atoms with Crippen molar-refractivity contribution in [3.63, 3.8) is 0 Å². The van der Waals surface area contributed by atoms with Gasteiger partial charge in [-0.1, -0.05) is 55.0 Å². The van der Waals surface area contributed by atoms with E-state index < -0.39 is 5.97 Å². The number of carbonyl (C=O) groups is 2. The number of benzene rings is 2. The van der Waals surface area contributed by atoms with E-state index in [1.807, 2.05) is 35.2 Å². The summed E-state index contributed by atoms with van der Waals surface area (Å²) in [6.07, 6.45) is 1.83. The number of nitrogens with zero attached hydrogens (tertiary/aromatic N) is 2. The minimum Gasteiger partial charge on any atom is -0.506 e. The Labute approximate surface area is 256 Å². The number of fused-ring (bicyclic) bond motifs is 1. The number of carboxylic acid groups (broad SMARTS) is 1. The molecule has 0 saturated carbocycles. The second kappa shape index (κ2) is 19.3. The Kier molecular flexibility index (Phi) is 16.2. The van der Waals surface area contributed by atoms with E-state index in [0.29, 0.717) is 56.4 Å². The number of H-pyrrole nitrogens is 1. The molecule has 0 spiro atoms. The van der Waals surface area contributed by atoms with Crippen molar-refractivity contribution in [2.45, 2.75) is 40.0 Å². The lowest BCUT2D eigenvalue weighted by Crippen LogP contribution is -2.42. The number of carboxylic acids is 1. The van der Waals surface area contributed by atoms with Gasteiger partial charge in [-0.3, -0.25) is 14.4 Å². The molecule has 3 aromatic rings. The summed E-state index contributed by atoms with van der Waals surface area (Å²) in [5.74, 6) is -0.648. The van der Waals surface area contributed by atoms with Crippen molar-refractivity contribution >= 4 is 45.0 Å². The van der Waals surface area contributed by atoms with Crippen LogP contribution in [0.4, 0.5) is 0 Å². The van der Waals surface area contributed by atoms with Crippen molar-refractivity contribution in [3.8, 4) is 5.75 Å². The summed E-state index contributed by atoms with van der Waals surface area (Å²) in [4.78, 5) is 40.5. The minimum atomic E-state index is -0.833. The van der Waals surface area contributed by atoms with Crippen molar-refractivity contribution < 1.29 is 24.5 Å². The molecule has 12 heteroatoms. The number of carbonyl (C=O) groups excluding carboxylic acids is 1. The third-order valence-electron chi connectivity index (χ3n) is 6.59. The smallest absolute Gasteiger partial charge is 0.305 e. The summed E-state index contributed by atoms with van der Waals surface area (Å²) in [7, 11) is 0. The first-order valence-electron chi connectivity index (χ1n) is 14.2. The van der Waals surface area contributed by atoms with Gasteiger partial charge in [0.05, 0.1) is 24.3 Å². The van der Waals surface area contributed by atoms with Gasteiger partial charge in [0.25, 0.3) is 5.97 Å². The van der Waals surface area contributed by atoms with Crippen molar-refractivity contribution in [3.05, 3.63) is 62.2 Å². The predicted octanol–water partition coefficient (Wildman–Crippen LogP) is 3.99. The van der Waals surface area contributed by atoms with Crippen LogP contribution in [0.2, 0.25) is 5.02 Å². The van der Waals surface area contributed by atoms with E-state index in [9.17, 15) is 14.7 Å². The van der Waals surface area contributed by atoms with Crippen LogP contribution >= 0.6 is 22.9 Å². The van der Waals surface area contributed by atoms with Gasteiger partial charge in [-0.25, -0.2) is 0 Å². The molecule has 1 aromatic heterocycles. The number of phenolic OH excluding ortho intramolecular Hbond substituents is 1. The number of hydrogen-bond donors (Lipinski definition) is 4. The molecule has 0 radical (unpaired) electrons. The lowest BCUT2D eigenvalue weighted by Gasteiger charge is -2.27. The molecule has 0 bridgehead atoms. The summed E-state index contributed by atoms with van der Waals surface area (Å²) in [6, 6.07) is 11.2. The maximum Gasteiger partial charge on any atom is 0.305 e. The third kappa shape index (κ3) is 12.9. The van der Waals surface area contributed by atoms with Crippen LogP contribution in [-0.2, 0) is 27.2 Å². The van der Waals surface area contributed by atoms with Crippen LogP contribution in [0, 0.1) is 0 Å².